The Morgan fingerprint density at radius 2 is 0.767 bits per heavy atom. The molecule has 25 aromatic rings. The summed E-state index contributed by atoms with van der Waals surface area (Å²) in [4.78, 5) is 80.2. The summed E-state index contributed by atoms with van der Waals surface area (Å²) in [7, 11) is 0. The Hall–Kier alpha value is -9.11. The number of amides is 1. The highest BCUT2D eigenvalue weighted by Gasteiger charge is 2.74. The van der Waals surface area contributed by atoms with Gasteiger partial charge in [0.05, 0.1) is 27.5 Å². The maximum Gasteiger partial charge on any atom is 0.344 e. The third kappa shape index (κ3) is 2.70. The smallest absolute Gasteiger partial charge is 0.344 e. The van der Waals surface area contributed by atoms with E-state index < -0.39 is 39.5 Å². The van der Waals surface area contributed by atoms with E-state index in [9.17, 15) is 0 Å². The molecule has 0 radical (unpaired) electrons. The predicted molar refractivity (Wildman–Crippen MR) is 338 cm³/mol. The van der Waals surface area contributed by atoms with Crippen LogP contribution in [0.2, 0.25) is 0 Å². The zero-order chi connectivity index (χ0) is 55.3. The maximum atomic E-state index is 17.3. The standard InChI is InChI=1S/C74H24BrNO10/c1-70(2,3)83-85-73-59-50-39-30-23-16-13-15-14-17(16)24-29-27-19(14)25-32-20(15)22-21-18(13)26-28(23)38(39)48-46-36(26)33(21)43-44-35(22)42(32)52-45-34(25)37(27)47-49-40(29)41(31(24)30)51(50)60(73)61(49)74(86-84-71(4,5)6)57(47)54(45)69(79)82-65(52)55(44)64(77)53(43)56(46)72(80,58(48)59)62-63(73)67(74)81-66(62)68(78)76-12-9-7-11(75)8-10-12/h7-10,80H,1-6H3,(H,76,78)/t72-,73-,74+/m0/s1. The van der Waals surface area contributed by atoms with Gasteiger partial charge in [-0.05, 0) is 206 Å². The molecule has 5 aliphatic carbocycles. The van der Waals surface area contributed by atoms with Gasteiger partial charge in [0.2, 0.25) is 5.60 Å². The van der Waals surface area contributed by atoms with E-state index in [2.05, 4.69) is 21.2 Å². The van der Waals surface area contributed by atoms with Crippen LogP contribution in [0, 0.1) is 0 Å². The summed E-state index contributed by atoms with van der Waals surface area (Å²) in [5, 5.41) is 63.8. The van der Waals surface area contributed by atoms with Crippen molar-refractivity contribution in [3.8, 4) is 0 Å². The van der Waals surface area contributed by atoms with E-state index in [4.69, 9.17) is 28.4 Å². The summed E-state index contributed by atoms with van der Waals surface area (Å²) in [6.45, 7) is 11.7. The van der Waals surface area contributed by atoms with Crippen LogP contribution in [0.1, 0.15) is 102 Å². The fraction of sp³-hybridized carbons (Fsp3) is 0.149. The lowest BCUT2D eigenvalue weighted by molar-refractivity contribution is -0.402. The first-order chi connectivity index (χ1) is 41.6. The van der Waals surface area contributed by atoms with Gasteiger partial charge in [-0.2, -0.15) is 0 Å². The van der Waals surface area contributed by atoms with E-state index in [1.165, 1.54) is 102 Å². The first-order valence-electron chi connectivity index (χ1n) is 29.8. The molecule has 12 heteroatoms. The first-order valence-corrected chi connectivity index (χ1v) is 30.6. The number of hydrogen-bond donors (Lipinski definition) is 2. The van der Waals surface area contributed by atoms with Gasteiger partial charge in [-0.25, -0.2) is 24.3 Å². The second kappa shape index (κ2) is 9.75. The van der Waals surface area contributed by atoms with Crippen LogP contribution < -0.4 is 16.4 Å². The molecule has 0 fully saturated rings. The number of carbonyl (C=O) groups excluding carboxylic acids is 1. The molecule has 86 heavy (non-hydrogen) atoms. The summed E-state index contributed by atoms with van der Waals surface area (Å²) in [5.74, 6) is -0.717. The molecule has 30 rings (SSSR count). The second-order valence-corrected chi connectivity index (χ2v) is 30.4. The van der Waals surface area contributed by atoms with Gasteiger partial charge in [-0.1, -0.05) is 15.9 Å². The molecule has 11 nitrogen and oxygen atoms in total. The van der Waals surface area contributed by atoms with Gasteiger partial charge < -0.3 is 19.3 Å². The summed E-state index contributed by atoms with van der Waals surface area (Å²) >= 11 is 3.61. The lowest BCUT2D eigenvalue weighted by Gasteiger charge is -2.48. The number of aliphatic hydroxyl groups is 1. The van der Waals surface area contributed by atoms with Gasteiger partial charge in [-0.3, -0.25) is 9.59 Å². The van der Waals surface area contributed by atoms with E-state index in [0.29, 0.717) is 49.7 Å². The van der Waals surface area contributed by atoms with Crippen molar-refractivity contribution in [3.63, 3.8) is 0 Å². The Morgan fingerprint density at radius 3 is 1.24 bits per heavy atom. The molecular weight excluding hydrogens is 1140 g/mol. The molecule has 1 amide bonds. The largest absolute Gasteiger partial charge is 0.451 e. The SMILES string of the molecule is CC(C)(C)OO[C@@]12c3c4oc(C(=O)Nc5ccc(Br)cc5)c3[C@@]3(O)c5c1c1c6c2c2c7c8c(c9c(=O)oc%10c%11c(=O)c%12c3c3c5c5c1c1c%13c6c7c6c7c8c8c9c%10c9c%10c%11c%12c%11c3c3c5c1c1c(c%136)c5c7c8c9c6c%10c%11c3c1c65)[C@]42OOC(C)(C)C. The number of anilines is 1. The highest BCUT2D eigenvalue weighted by Crippen LogP contribution is 2.82. The molecule has 23 aromatic carbocycles. The first kappa shape index (κ1) is 39.5. The van der Waals surface area contributed by atoms with Crippen molar-refractivity contribution in [2.24, 2.45) is 0 Å². The molecule has 0 saturated heterocycles. The van der Waals surface area contributed by atoms with Crippen molar-refractivity contribution in [2.75, 3.05) is 5.32 Å². The summed E-state index contributed by atoms with van der Waals surface area (Å²) in [5.41, 5.74) is -4.04. The lowest BCUT2D eigenvalue weighted by Crippen LogP contribution is -2.51. The molecule has 2 aromatic heterocycles. The van der Waals surface area contributed by atoms with Crippen molar-refractivity contribution < 1.29 is 38.3 Å². The number of rotatable bonds is 6. The summed E-state index contributed by atoms with van der Waals surface area (Å²) < 4.78 is 15.9. The quantitative estimate of drug-likeness (QED) is 0.0542. The number of halogens is 1. The monoisotopic (exact) mass is 1170 g/mol. The van der Waals surface area contributed by atoms with Crippen molar-refractivity contribution in [3.05, 3.63) is 105 Å². The molecule has 0 unspecified atom stereocenters. The third-order valence-corrected chi connectivity index (χ3v) is 25.1. The van der Waals surface area contributed by atoms with Crippen LogP contribution in [0.4, 0.5) is 5.69 Å². The predicted octanol–water partition coefficient (Wildman–Crippen LogP) is 17.1. The maximum absolute atomic E-state index is 17.3. The van der Waals surface area contributed by atoms with Crippen LogP contribution in [-0.2, 0) is 36.4 Å². The van der Waals surface area contributed by atoms with Crippen LogP contribution in [0.15, 0.2) is 47.2 Å². The van der Waals surface area contributed by atoms with E-state index in [-0.39, 0.29) is 28.1 Å². The fourth-order valence-corrected chi connectivity index (χ4v) is 23.6. The topological polar surface area (TPSA) is 147 Å². The van der Waals surface area contributed by atoms with Gasteiger partial charge in [0.1, 0.15) is 5.60 Å². The molecule has 5 aliphatic rings. The Morgan fingerprint density at radius 1 is 0.407 bits per heavy atom. The Kier molecular flexibility index (Phi) is 4.48. The number of hydrogen-bond acceptors (Lipinski definition) is 10. The van der Waals surface area contributed by atoms with E-state index in [1.54, 1.807) is 0 Å². The molecule has 0 saturated carbocycles. The molecule has 0 bridgehead atoms. The summed E-state index contributed by atoms with van der Waals surface area (Å²) in [6, 6.07) is 7.36. The van der Waals surface area contributed by atoms with Crippen molar-refractivity contribution in [2.45, 2.75) is 69.5 Å². The van der Waals surface area contributed by atoms with Crippen LogP contribution in [0.5, 0.6) is 0 Å². The van der Waals surface area contributed by atoms with Crippen molar-refractivity contribution >= 4 is 265 Å². The molecule has 2 N–H and O–H groups in total. The van der Waals surface area contributed by atoms with Gasteiger partial charge in [0.15, 0.2) is 28.1 Å². The van der Waals surface area contributed by atoms with Gasteiger partial charge in [0, 0.05) is 130 Å². The van der Waals surface area contributed by atoms with Crippen LogP contribution >= 0.6 is 15.9 Å². The molecule has 0 spiro atoms. The zero-order valence-corrected chi connectivity index (χ0v) is 46.9. The van der Waals surface area contributed by atoms with Crippen LogP contribution in [0.25, 0.3) is 237 Å². The average Bonchev–Trinajstić information content (AvgIpc) is 1.40. The number of nitrogens with one attached hydrogen (secondary N) is 1. The van der Waals surface area contributed by atoms with Crippen molar-refractivity contribution in [1.29, 1.82) is 0 Å². The van der Waals surface area contributed by atoms with Crippen LogP contribution in [-0.4, -0.2) is 22.2 Å². The normalized spacial score (nSPS) is 21.7. The Bertz CT molecular complexity index is 7870. The van der Waals surface area contributed by atoms with Crippen molar-refractivity contribution in [1.82, 2.24) is 0 Å². The average molecular weight is 1170 g/mol. The minimum atomic E-state index is -2.29. The number of benzene rings is 16. The minimum absolute atomic E-state index is 0.121. The molecule has 3 atom stereocenters. The van der Waals surface area contributed by atoms with Crippen LogP contribution in [0.3, 0.4) is 0 Å². The summed E-state index contributed by atoms with van der Waals surface area (Å²) in [6.07, 6.45) is 0. The Labute approximate surface area is 480 Å². The molecular formula is C74H24BrNO10. The highest BCUT2D eigenvalue weighted by molar-refractivity contribution is 9.10. The van der Waals surface area contributed by atoms with E-state index in [1.807, 2.05) is 65.8 Å². The highest BCUT2D eigenvalue weighted by atomic mass is 79.9. The number of fused-ring (bicyclic) bond motifs is 7. The number of furan rings is 1. The minimum Gasteiger partial charge on any atom is -0.451 e. The Balaban J connectivity index is 1.06. The van der Waals surface area contributed by atoms with Gasteiger partial charge in [-0.15, -0.1) is 0 Å². The fourth-order valence-electron chi connectivity index (χ4n) is 23.3. The molecule has 0 aliphatic heterocycles. The third-order valence-electron chi connectivity index (χ3n) is 24.5. The lowest BCUT2D eigenvalue weighted by atomic mass is 9.60. The van der Waals surface area contributed by atoms with E-state index >= 15 is 19.5 Å². The molecule has 392 valence electrons. The second-order valence-electron chi connectivity index (χ2n) is 29.5. The number of carbonyl (C=O) groups is 1. The zero-order valence-electron chi connectivity index (χ0n) is 45.3. The van der Waals surface area contributed by atoms with E-state index in [0.717, 1.165) is 129 Å². The van der Waals surface area contributed by atoms with Gasteiger partial charge in [0.25, 0.3) is 5.91 Å². The molecule has 2 heterocycles. The van der Waals surface area contributed by atoms with Gasteiger partial charge >= 0.3 is 5.63 Å².